The topological polar surface area (TPSA) is 72.8 Å². The lowest BCUT2D eigenvalue weighted by atomic mass is 10.1. The first-order chi connectivity index (χ1) is 10.3. The first kappa shape index (κ1) is 16.5. The summed E-state index contributed by atoms with van der Waals surface area (Å²) in [5.74, 6) is 0.832. The molecule has 0 aliphatic carbocycles. The lowest BCUT2D eigenvalue weighted by molar-refractivity contribution is 0.559. The fourth-order valence-corrected chi connectivity index (χ4v) is 2.95. The van der Waals surface area contributed by atoms with E-state index in [2.05, 4.69) is 15.0 Å². The Hall–Kier alpha value is -1.82. The molecule has 0 fully saturated rings. The first-order valence-corrected chi connectivity index (χ1v) is 8.84. The van der Waals surface area contributed by atoms with Crippen molar-refractivity contribution in [3.05, 3.63) is 53.9 Å². The van der Waals surface area contributed by atoms with Crippen LogP contribution in [0.2, 0.25) is 0 Å². The van der Waals surface area contributed by atoms with Gasteiger partial charge >= 0.3 is 0 Å². The molecule has 2 rings (SSSR count). The molecule has 22 heavy (non-hydrogen) atoms. The summed E-state index contributed by atoms with van der Waals surface area (Å²) in [5, 5.41) is 0. The standard InChI is InChI=1S/C16H21N3O2S/c1-16(2,3)22(20,21)10-14-6-4-13(5-7-14)8-9-15-18-11-17-12-19-15/h4-7,11-12H,8-10H2,1-3H3. The molecule has 0 aliphatic rings. The van der Waals surface area contributed by atoms with Crippen LogP contribution in [-0.2, 0) is 28.4 Å². The summed E-state index contributed by atoms with van der Waals surface area (Å²) >= 11 is 0. The smallest absolute Gasteiger partial charge is 0.159 e. The van der Waals surface area contributed by atoms with Crippen molar-refractivity contribution in [3.63, 3.8) is 0 Å². The quantitative estimate of drug-likeness (QED) is 0.846. The normalized spacial score (nSPS) is 12.3. The maximum absolute atomic E-state index is 12.2. The van der Waals surface area contributed by atoms with Crippen LogP contribution >= 0.6 is 0 Å². The third-order valence-electron chi connectivity index (χ3n) is 3.50. The van der Waals surface area contributed by atoms with Gasteiger partial charge in [-0.15, -0.1) is 0 Å². The molecule has 0 saturated carbocycles. The Morgan fingerprint density at radius 2 is 1.45 bits per heavy atom. The molecule has 0 aliphatic heterocycles. The number of rotatable bonds is 5. The number of aromatic nitrogens is 3. The lowest BCUT2D eigenvalue weighted by Gasteiger charge is -2.19. The zero-order valence-corrected chi connectivity index (χ0v) is 14.0. The number of nitrogens with zero attached hydrogens (tertiary/aromatic N) is 3. The molecule has 0 amide bonds. The van der Waals surface area contributed by atoms with Crippen LogP contribution in [0, 0.1) is 0 Å². The molecule has 6 heteroatoms. The Morgan fingerprint density at radius 1 is 0.909 bits per heavy atom. The highest BCUT2D eigenvalue weighted by Crippen LogP contribution is 2.20. The molecule has 0 saturated heterocycles. The van der Waals surface area contributed by atoms with Gasteiger partial charge in [-0.2, -0.15) is 0 Å². The molecule has 1 aromatic carbocycles. The maximum atomic E-state index is 12.2. The van der Waals surface area contributed by atoms with Gasteiger partial charge in [0.2, 0.25) is 0 Å². The molecule has 1 aromatic heterocycles. The van der Waals surface area contributed by atoms with Crippen LogP contribution in [0.1, 0.15) is 37.7 Å². The number of aryl methyl sites for hydroxylation is 2. The largest absolute Gasteiger partial charge is 0.228 e. The van der Waals surface area contributed by atoms with E-state index in [0.29, 0.717) is 0 Å². The summed E-state index contributed by atoms with van der Waals surface area (Å²) in [6.07, 6.45) is 4.53. The summed E-state index contributed by atoms with van der Waals surface area (Å²) in [5.41, 5.74) is 1.95. The Bertz CT molecular complexity index is 705. The van der Waals surface area contributed by atoms with Crippen LogP contribution in [0.3, 0.4) is 0 Å². The van der Waals surface area contributed by atoms with Gasteiger partial charge in [0.1, 0.15) is 18.5 Å². The SMILES string of the molecule is CC(C)(C)S(=O)(=O)Cc1ccc(CCc2ncncn2)cc1. The molecule has 0 radical (unpaired) electrons. The summed E-state index contributed by atoms with van der Waals surface area (Å²) < 4.78 is 23.7. The maximum Gasteiger partial charge on any atom is 0.159 e. The van der Waals surface area contributed by atoms with Gasteiger partial charge in [-0.05, 0) is 38.3 Å². The highest BCUT2D eigenvalue weighted by molar-refractivity contribution is 7.91. The van der Waals surface area contributed by atoms with Crippen molar-refractivity contribution in [2.24, 2.45) is 0 Å². The zero-order chi connectivity index (χ0) is 16.2. The minimum absolute atomic E-state index is 0.0737. The third-order valence-corrected chi connectivity index (χ3v) is 6.08. The zero-order valence-electron chi connectivity index (χ0n) is 13.2. The van der Waals surface area contributed by atoms with Crippen molar-refractivity contribution >= 4 is 9.84 Å². The minimum atomic E-state index is -3.15. The van der Waals surface area contributed by atoms with Gasteiger partial charge in [-0.1, -0.05) is 24.3 Å². The average Bonchev–Trinajstić information content (AvgIpc) is 2.46. The van der Waals surface area contributed by atoms with E-state index in [-0.39, 0.29) is 5.75 Å². The van der Waals surface area contributed by atoms with Gasteiger partial charge in [0, 0.05) is 6.42 Å². The van der Waals surface area contributed by atoms with Crippen molar-refractivity contribution in [1.29, 1.82) is 0 Å². The predicted octanol–water partition coefficient (Wildman–Crippen LogP) is 2.37. The summed E-state index contributed by atoms with van der Waals surface area (Å²) in [6.45, 7) is 5.18. The minimum Gasteiger partial charge on any atom is -0.228 e. The van der Waals surface area contributed by atoms with Gasteiger partial charge in [0.05, 0.1) is 10.5 Å². The average molecular weight is 319 g/mol. The molecule has 0 atom stereocenters. The van der Waals surface area contributed by atoms with Gasteiger partial charge in [-0.25, -0.2) is 23.4 Å². The fourth-order valence-electron chi connectivity index (χ4n) is 1.89. The van der Waals surface area contributed by atoms with E-state index in [1.807, 2.05) is 24.3 Å². The molecule has 0 spiro atoms. The monoisotopic (exact) mass is 319 g/mol. The van der Waals surface area contributed by atoms with Crippen molar-refractivity contribution in [2.75, 3.05) is 0 Å². The van der Waals surface area contributed by atoms with E-state index in [0.717, 1.165) is 29.8 Å². The van der Waals surface area contributed by atoms with Crippen molar-refractivity contribution < 1.29 is 8.42 Å². The molecule has 2 aromatic rings. The third kappa shape index (κ3) is 4.34. The molecule has 0 N–H and O–H groups in total. The number of hydrogen-bond donors (Lipinski definition) is 0. The summed E-state index contributed by atoms with van der Waals surface area (Å²) in [7, 11) is -3.15. The number of hydrogen-bond acceptors (Lipinski definition) is 5. The van der Waals surface area contributed by atoms with E-state index in [1.165, 1.54) is 12.7 Å². The van der Waals surface area contributed by atoms with Gasteiger partial charge < -0.3 is 0 Å². The molecule has 1 heterocycles. The lowest BCUT2D eigenvalue weighted by Crippen LogP contribution is -2.29. The molecule has 118 valence electrons. The molecular weight excluding hydrogens is 298 g/mol. The number of sulfone groups is 1. The van der Waals surface area contributed by atoms with E-state index >= 15 is 0 Å². The van der Waals surface area contributed by atoms with Gasteiger partial charge in [0.15, 0.2) is 9.84 Å². The Labute approximate surface area is 131 Å². The Balaban J connectivity index is 1.99. The molecule has 5 nitrogen and oxygen atoms in total. The highest BCUT2D eigenvalue weighted by Gasteiger charge is 2.28. The van der Waals surface area contributed by atoms with E-state index in [9.17, 15) is 8.42 Å². The Kier molecular flexibility index (Phi) is 4.90. The van der Waals surface area contributed by atoms with Crippen LogP contribution in [0.15, 0.2) is 36.9 Å². The Morgan fingerprint density at radius 3 is 2.00 bits per heavy atom. The fraction of sp³-hybridized carbons (Fsp3) is 0.438. The summed E-state index contributed by atoms with van der Waals surface area (Å²) in [6, 6.07) is 7.70. The molecule has 0 unspecified atom stereocenters. The van der Waals surface area contributed by atoms with Crippen LogP contribution in [0.4, 0.5) is 0 Å². The molecular formula is C16H21N3O2S. The highest BCUT2D eigenvalue weighted by atomic mass is 32.2. The van der Waals surface area contributed by atoms with Crippen LogP contribution in [-0.4, -0.2) is 28.1 Å². The van der Waals surface area contributed by atoms with E-state index in [1.54, 1.807) is 20.8 Å². The second kappa shape index (κ2) is 6.52. The second-order valence-electron chi connectivity index (χ2n) is 6.24. The molecule has 0 bridgehead atoms. The first-order valence-electron chi connectivity index (χ1n) is 7.19. The second-order valence-corrected chi connectivity index (χ2v) is 8.99. The van der Waals surface area contributed by atoms with Gasteiger partial charge in [-0.3, -0.25) is 0 Å². The van der Waals surface area contributed by atoms with Crippen molar-refractivity contribution in [1.82, 2.24) is 15.0 Å². The van der Waals surface area contributed by atoms with Crippen molar-refractivity contribution in [2.45, 2.75) is 44.1 Å². The summed E-state index contributed by atoms with van der Waals surface area (Å²) in [4.78, 5) is 12.0. The van der Waals surface area contributed by atoms with E-state index < -0.39 is 14.6 Å². The van der Waals surface area contributed by atoms with Crippen LogP contribution in [0.5, 0.6) is 0 Å². The van der Waals surface area contributed by atoms with Crippen LogP contribution in [0.25, 0.3) is 0 Å². The van der Waals surface area contributed by atoms with E-state index in [4.69, 9.17) is 0 Å². The predicted molar refractivity (Wildman–Crippen MR) is 86.1 cm³/mol. The van der Waals surface area contributed by atoms with Crippen molar-refractivity contribution in [3.8, 4) is 0 Å². The van der Waals surface area contributed by atoms with Gasteiger partial charge in [0.25, 0.3) is 0 Å². The van der Waals surface area contributed by atoms with Crippen LogP contribution < -0.4 is 0 Å². The number of benzene rings is 1.